The zero-order valence-corrected chi connectivity index (χ0v) is 17.1. The topological polar surface area (TPSA) is 90.9 Å². The third-order valence-electron chi connectivity index (χ3n) is 5.32. The highest BCUT2D eigenvalue weighted by Crippen LogP contribution is 2.47. The van der Waals surface area contributed by atoms with Gasteiger partial charge in [-0.25, -0.2) is 9.97 Å². The Kier molecular flexibility index (Phi) is 7.45. The number of halogens is 2. The summed E-state index contributed by atoms with van der Waals surface area (Å²) in [7, 11) is 1.67. The Balaban J connectivity index is 0.00000131. The number of hydrogen-bond donors (Lipinski definition) is 2. The summed E-state index contributed by atoms with van der Waals surface area (Å²) in [5.41, 5.74) is 7.31. The van der Waals surface area contributed by atoms with Gasteiger partial charge in [-0.15, -0.1) is 24.8 Å². The van der Waals surface area contributed by atoms with Crippen LogP contribution in [0.25, 0.3) is 0 Å². The number of aromatic nitrogens is 4. The molecule has 4 rings (SSSR count). The first kappa shape index (κ1) is 21.9. The molecule has 0 unspecified atom stereocenters. The van der Waals surface area contributed by atoms with Crippen molar-refractivity contribution in [2.45, 2.75) is 50.8 Å². The van der Waals surface area contributed by atoms with E-state index in [1.165, 1.54) is 12.8 Å². The second-order valence-corrected chi connectivity index (χ2v) is 7.51. The first-order chi connectivity index (χ1) is 12.2. The van der Waals surface area contributed by atoms with E-state index in [1.807, 2.05) is 23.1 Å². The van der Waals surface area contributed by atoms with E-state index in [0.717, 1.165) is 43.3 Å². The number of nitrogens with two attached hydrogens (primary N) is 1. The second kappa shape index (κ2) is 9.19. The first-order valence-corrected chi connectivity index (χ1v) is 8.99. The molecule has 2 saturated carbocycles. The van der Waals surface area contributed by atoms with E-state index in [9.17, 15) is 0 Å². The lowest BCUT2D eigenvalue weighted by molar-refractivity contribution is 0.177. The van der Waals surface area contributed by atoms with Gasteiger partial charge in [0.25, 0.3) is 0 Å². The van der Waals surface area contributed by atoms with Crippen LogP contribution >= 0.6 is 24.8 Å². The maximum atomic E-state index is 5.94. The van der Waals surface area contributed by atoms with Crippen LogP contribution in [0.3, 0.4) is 0 Å². The molecule has 150 valence electrons. The van der Waals surface area contributed by atoms with Gasteiger partial charge in [-0.2, -0.15) is 5.10 Å². The summed E-state index contributed by atoms with van der Waals surface area (Å²) < 4.78 is 7.25. The van der Waals surface area contributed by atoms with E-state index in [1.54, 1.807) is 7.11 Å². The van der Waals surface area contributed by atoms with Crippen LogP contribution in [0.1, 0.15) is 43.1 Å². The normalized spacial score (nSPS) is 22.1. The van der Waals surface area contributed by atoms with Gasteiger partial charge in [-0.3, -0.25) is 4.68 Å². The minimum absolute atomic E-state index is 0. The summed E-state index contributed by atoms with van der Waals surface area (Å²) in [4.78, 5) is 9.26. The Morgan fingerprint density at radius 1 is 1.30 bits per heavy atom. The predicted octanol–water partition coefficient (Wildman–Crippen LogP) is 2.76. The highest BCUT2D eigenvalue weighted by Gasteiger charge is 2.43. The number of ether oxygens (including phenoxy) is 1. The van der Waals surface area contributed by atoms with E-state index in [4.69, 9.17) is 10.5 Å². The van der Waals surface area contributed by atoms with Crippen molar-refractivity contribution < 1.29 is 4.74 Å². The molecule has 2 aliphatic rings. The van der Waals surface area contributed by atoms with Crippen LogP contribution in [0, 0.1) is 5.41 Å². The molecule has 2 aromatic rings. The smallest absolute Gasteiger partial charge is 0.156 e. The fourth-order valence-corrected chi connectivity index (χ4v) is 3.50. The minimum Gasteiger partial charge on any atom is -0.377 e. The number of nitrogens with one attached hydrogen (secondary N) is 1. The molecule has 2 aromatic heterocycles. The summed E-state index contributed by atoms with van der Waals surface area (Å²) in [6.45, 7) is 2.28. The molecule has 7 nitrogen and oxygen atoms in total. The van der Waals surface area contributed by atoms with Crippen molar-refractivity contribution >= 4 is 30.6 Å². The average Bonchev–Trinajstić information content (AvgIpc) is 3.14. The van der Waals surface area contributed by atoms with Gasteiger partial charge in [-0.1, -0.05) is 0 Å². The zero-order valence-electron chi connectivity index (χ0n) is 15.5. The van der Waals surface area contributed by atoms with Gasteiger partial charge in [0.15, 0.2) is 5.82 Å². The van der Waals surface area contributed by atoms with E-state index in [0.29, 0.717) is 18.6 Å². The Bertz CT molecular complexity index is 717. The first-order valence-electron chi connectivity index (χ1n) is 8.99. The van der Waals surface area contributed by atoms with Crippen LogP contribution in [0.2, 0.25) is 0 Å². The van der Waals surface area contributed by atoms with Gasteiger partial charge in [0.05, 0.1) is 0 Å². The molecule has 0 aromatic carbocycles. The largest absolute Gasteiger partial charge is 0.377 e. The maximum Gasteiger partial charge on any atom is 0.156 e. The lowest BCUT2D eigenvalue weighted by atomic mass is 9.78. The molecule has 0 bridgehead atoms. The highest BCUT2D eigenvalue weighted by molar-refractivity contribution is 5.85. The van der Waals surface area contributed by atoms with E-state index in [2.05, 4.69) is 26.4 Å². The SMILES string of the molecule is COCc1nc(NCC2(Cn3cccn3)CC2)cc(C2CC(N)C2)n1.Cl.Cl. The van der Waals surface area contributed by atoms with Crippen LogP contribution in [0.15, 0.2) is 24.5 Å². The van der Waals surface area contributed by atoms with E-state index < -0.39 is 0 Å². The summed E-state index contributed by atoms with van der Waals surface area (Å²) in [6.07, 6.45) is 8.32. The van der Waals surface area contributed by atoms with Crippen molar-refractivity contribution in [1.29, 1.82) is 0 Å². The quantitative estimate of drug-likeness (QED) is 0.689. The van der Waals surface area contributed by atoms with Crippen molar-refractivity contribution in [2.24, 2.45) is 11.1 Å². The molecule has 0 aliphatic heterocycles. The van der Waals surface area contributed by atoms with Crippen LogP contribution in [0.4, 0.5) is 5.82 Å². The highest BCUT2D eigenvalue weighted by atomic mass is 35.5. The van der Waals surface area contributed by atoms with Crippen LogP contribution in [-0.2, 0) is 17.9 Å². The third-order valence-corrected chi connectivity index (χ3v) is 5.32. The summed E-state index contributed by atoms with van der Waals surface area (Å²) >= 11 is 0. The molecule has 9 heteroatoms. The van der Waals surface area contributed by atoms with Crippen LogP contribution in [0.5, 0.6) is 0 Å². The molecule has 3 N–H and O–H groups in total. The van der Waals surface area contributed by atoms with Crippen molar-refractivity contribution in [3.05, 3.63) is 36.0 Å². The number of methoxy groups -OCH3 is 1. The zero-order chi connectivity index (χ0) is 17.3. The maximum absolute atomic E-state index is 5.94. The Morgan fingerprint density at radius 2 is 2.07 bits per heavy atom. The van der Waals surface area contributed by atoms with Crippen molar-refractivity contribution in [1.82, 2.24) is 19.7 Å². The van der Waals surface area contributed by atoms with Gasteiger partial charge in [0, 0.05) is 61.7 Å². The predicted molar refractivity (Wildman–Crippen MR) is 110 cm³/mol. The van der Waals surface area contributed by atoms with E-state index >= 15 is 0 Å². The average molecular weight is 415 g/mol. The van der Waals surface area contributed by atoms with Crippen molar-refractivity contribution in [2.75, 3.05) is 19.0 Å². The lowest BCUT2D eigenvalue weighted by Crippen LogP contribution is -2.35. The van der Waals surface area contributed by atoms with Gasteiger partial charge < -0.3 is 15.8 Å². The van der Waals surface area contributed by atoms with Gasteiger partial charge >= 0.3 is 0 Å². The molecular formula is C18H28Cl2N6O. The monoisotopic (exact) mass is 414 g/mol. The molecule has 0 spiro atoms. The number of anilines is 1. The molecule has 2 aliphatic carbocycles. The molecule has 27 heavy (non-hydrogen) atoms. The lowest BCUT2D eigenvalue weighted by Gasteiger charge is -2.32. The fourth-order valence-electron chi connectivity index (χ4n) is 3.50. The van der Waals surface area contributed by atoms with Gasteiger partial charge in [-0.05, 0) is 31.7 Å². The molecule has 0 amide bonds. The molecular weight excluding hydrogens is 387 g/mol. The molecule has 0 atom stereocenters. The number of nitrogens with zero attached hydrogens (tertiary/aromatic N) is 4. The van der Waals surface area contributed by atoms with Crippen molar-refractivity contribution in [3.8, 4) is 0 Å². The number of hydrogen-bond acceptors (Lipinski definition) is 6. The summed E-state index contributed by atoms with van der Waals surface area (Å²) in [5.74, 6) is 2.08. The Morgan fingerprint density at radius 3 is 2.67 bits per heavy atom. The molecule has 0 radical (unpaired) electrons. The third kappa shape index (κ3) is 5.31. The van der Waals surface area contributed by atoms with E-state index in [-0.39, 0.29) is 30.2 Å². The van der Waals surface area contributed by atoms with Gasteiger partial charge in [0.1, 0.15) is 12.4 Å². The van der Waals surface area contributed by atoms with Crippen molar-refractivity contribution in [3.63, 3.8) is 0 Å². The minimum atomic E-state index is 0. The molecule has 2 heterocycles. The van der Waals surface area contributed by atoms with Crippen LogP contribution in [-0.4, -0.2) is 39.4 Å². The standard InChI is InChI=1S/C18H26N6O.2ClH/c1-25-10-17-22-15(13-7-14(19)8-13)9-16(23-17)20-11-18(3-4-18)12-24-6-2-5-21-24;;/h2,5-6,9,13-14H,3-4,7-8,10-12,19H2,1H3,(H,20,22,23);2*1H. The molecule has 0 saturated heterocycles. The molecule has 2 fully saturated rings. The van der Waals surface area contributed by atoms with Gasteiger partial charge in [0.2, 0.25) is 0 Å². The second-order valence-electron chi connectivity index (χ2n) is 7.51. The number of rotatable bonds is 8. The van der Waals surface area contributed by atoms with Crippen LogP contribution < -0.4 is 11.1 Å². The fraction of sp³-hybridized carbons (Fsp3) is 0.611. The summed E-state index contributed by atoms with van der Waals surface area (Å²) in [6, 6.07) is 4.37. The summed E-state index contributed by atoms with van der Waals surface area (Å²) in [5, 5.41) is 7.87. The Labute approximate surface area is 172 Å². The Hall–Kier alpha value is -1.41.